The first kappa shape index (κ1) is 23.1. The van der Waals surface area contributed by atoms with Crippen LogP contribution in [0.15, 0.2) is 47.6 Å². The number of hydrogen-bond donors (Lipinski definition) is 2. The van der Waals surface area contributed by atoms with Gasteiger partial charge in [0.1, 0.15) is 5.82 Å². The summed E-state index contributed by atoms with van der Waals surface area (Å²) in [6.07, 6.45) is 0.0136. The first-order valence-corrected chi connectivity index (χ1v) is 11.3. The molecule has 0 bridgehead atoms. The third-order valence-electron chi connectivity index (χ3n) is 4.29. The normalized spacial score (nSPS) is 10.7. The molecule has 1 heterocycles. The first-order chi connectivity index (χ1) is 14.9. The Morgan fingerprint density at radius 3 is 2.58 bits per heavy atom. The Balaban J connectivity index is 1.60. The maximum atomic E-state index is 12.5. The predicted molar refractivity (Wildman–Crippen MR) is 125 cm³/mol. The predicted octanol–water partition coefficient (Wildman–Crippen LogP) is 4.83. The number of anilines is 2. The van der Waals surface area contributed by atoms with E-state index in [-0.39, 0.29) is 29.0 Å². The fourth-order valence-corrected chi connectivity index (χ4v) is 4.03. The maximum Gasteiger partial charge on any atom is 0.234 e. The molecule has 2 amide bonds. The number of carbonyl (C=O) groups is 2. The van der Waals surface area contributed by atoms with Crippen LogP contribution in [0.3, 0.4) is 0 Å². The number of thioether (sulfide) groups is 1. The number of benzene rings is 2. The molecule has 0 radical (unpaired) electrons. The second kappa shape index (κ2) is 10.7. The lowest BCUT2D eigenvalue weighted by Gasteiger charge is -2.10. The van der Waals surface area contributed by atoms with E-state index in [1.807, 2.05) is 42.7 Å². The molecule has 0 aliphatic carbocycles. The van der Waals surface area contributed by atoms with Crippen LogP contribution < -0.4 is 10.6 Å². The highest BCUT2D eigenvalue weighted by Crippen LogP contribution is 2.29. The van der Waals surface area contributed by atoms with E-state index in [0.29, 0.717) is 28.2 Å². The number of amides is 2. The van der Waals surface area contributed by atoms with Crippen molar-refractivity contribution < 1.29 is 9.59 Å². The van der Waals surface area contributed by atoms with Crippen molar-refractivity contribution in [2.75, 3.05) is 16.4 Å². The van der Waals surface area contributed by atoms with Gasteiger partial charge >= 0.3 is 0 Å². The third-order valence-corrected chi connectivity index (χ3v) is 6.07. The van der Waals surface area contributed by atoms with E-state index >= 15 is 0 Å². The average molecular weight is 478 g/mol. The second-order valence-electron chi connectivity index (χ2n) is 6.68. The minimum absolute atomic E-state index is 0.0136. The molecule has 0 saturated heterocycles. The smallest absolute Gasteiger partial charge is 0.234 e. The van der Waals surface area contributed by atoms with E-state index in [4.69, 9.17) is 23.2 Å². The Bertz CT molecular complexity index is 1100. The van der Waals surface area contributed by atoms with Crippen LogP contribution in [0.25, 0.3) is 0 Å². The standard InChI is InChI=1S/C21H21Cl2N5O2S/c1-3-28-17(11-18(29)25-16-9-5-8-15(22)20(16)23)26-27-21(28)31-12-19(30)24-14-7-4-6-13(2)10-14/h4-10H,3,11-12H2,1-2H3,(H,24,30)(H,25,29). The Kier molecular flexibility index (Phi) is 7.95. The molecule has 7 nitrogen and oxygen atoms in total. The van der Waals surface area contributed by atoms with Gasteiger partial charge in [-0.2, -0.15) is 0 Å². The first-order valence-electron chi connectivity index (χ1n) is 9.52. The number of halogens is 2. The van der Waals surface area contributed by atoms with Crippen LogP contribution in [-0.2, 0) is 22.6 Å². The topological polar surface area (TPSA) is 88.9 Å². The largest absolute Gasteiger partial charge is 0.325 e. The molecule has 162 valence electrons. The summed E-state index contributed by atoms with van der Waals surface area (Å²) < 4.78 is 1.81. The van der Waals surface area contributed by atoms with Crippen molar-refractivity contribution in [3.8, 4) is 0 Å². The molecule has 0 atom stereocenters. The van der Waals surface area contributed by atoms with E-state index < -0.39 is 0 Å². The number of aromatic nitrogens is 3. The van der Waals surface area contributed by atoms with Crippen molar-refractivity contribution in [3.63, 3.8) is 0 Å². The van der Waals surface area contributed by atoms with Gasteiger partial charge in [-0.3, -0.25) is 9.59 Å². The van der Waals surface area contributed by atoms with Crippen LogP contribution in [0.5, 0.6) is 0 Å². The highest BCUT2D eigenvalue weighted by Gasteiger charge is 2.17. The molecular formula is C21H21Cl2N5O2S. The molecular weight excluding hydrogens is 457 g/mol. The molecule has 0 aliphatic heterocycles. The summed E-state index contributed by atoms with van der Waals surface area (Å²) in [4.78, 5) is 24.7. The number of hydrogen-bond acceptors (Lipinski definition) is 5. The average Bonchev–Trinajstić information content (AvgIpc) is 3.11. The molecule has 2 N–H and O–H groups in total. The molecule has 0 unspecified atom stereocenters. The van der Waals surface area contributed by atoms with Gasteiger partial charge in [0.15, 0.2) is 5.16 Å². The lowest BCUT2D eigenvalue weighted by molar-refractivity contribution is -0.116. The lowest BCUT2D eigenvalue weighted by Crippen LogP contribution is -2.18. The summed E-state index contributed by atoms with van der Waals surface area (Å²) in [5, 5.41) is 15.1. The van der Waals surface area contributed by atoms with Gasteiger partial charge in [0.05, 0.1) is 27.9 Å². The summed E-state index contributed by atoms with van der Waals surface area (Å²) in [7, 11) is 0. The van der Waals surface area contributed by atoms with E-state index in [0.717, 1.165) is 11.3 Å². The van der Waals surface area contributed by atoms with Crippen molar-refractivity contribution in [1.29, 1.82) is 0 Å². The summed E-state index contributed by atoms with van der Waals surface area (Å²) in [5.41, 5.74) is 2.25. The monoisotopic (exact) mass is 477 g/mol. The Morgan fingerprint density at radius 1 is 1.06 bits per heavy atom. The Labute approximate surface area is 194 Å². The molecule has 31 heavy (non-hydrogen) atoms. The molecule has 1 aromatic heterocycles. The van der Waals surface area contributed by atoms with Gasteiger partial charge in [0, 0.05) is 12.2 Å². The van der Waals surface area contributed by atoms with Gasteiger partial charge in [-0.05, 0) is 43.7 Å². The summed E-state index contributed by atoms with van der Waals surface area (Å²) in [5.74, 6) is 0.243. The number of aryl methyl sites for hydroxylation is 1. The summed E-state index contributed by atoms with van der Waals surface area (Å²) in [6.45, 7) is 4.46. The van der Waals surface area contributed by atoms with E-state index in [9.17, 15) is 9.59 Å². The second-order valence-corrected chi connectivity index (χ2v) is 8.40. The zero-order valence-electron chi connectivity index (χ0n) is 17.0. The van der Waals surface area contributed by atoms with Crippen LogP contribution in [-0.4, -0.2) is 32.3 Å². The van der Waals surface area contributed by atoms with Gasteiger partial charge in [-0.1, -0.05) is 53.2 Å². The number of carbonyl (C=O) groups excluding carboxylic acids is 2. The number of nitrogens with zero attached hydrogens (tertiary/aromatic N) is 3. The summed E-state index contributed by atoms with van der Waals surface area (Å²) in [6, 6.07) is 12.6. The number of rotatable bonds is 8. The molecule has 0 aliphatic rings. The van der Waals surface area contributed by atoms with Crippen LogP contribution in [0.4, 0.5) is 11.4 Å². The minimum Gasteiger partial charge on any atom is -0.325 e. The van der Waals surface area contributed by atoms with Crippen molar-refractivity contribution in [1.82, 2.24) is 14.8 Å². The van der Waals surface area contributed by atoms with Crippen molar-refractivity contribution in [2.45, 2.75) is 32.0 Å². The van der Waals surface area contributed by atoms with Crippen LogP contribution in [0, 0.1) is 6.92 Å². The Morgan fingerprint density at radius 2 is 1.84 bits per heavy atom. The minimum atomic E-state index is -0.292. The van der Waals surface area contributed by atoms with Crippen LogP contribution in [0.2, 0.25) is 10.0 Å². The number of nitrogens with one attached hydrogen (secondary N) is 2. The quantitative estimate of drug-likeness (QED) is 0.453. The van der Waals surface area contributed by atoms with E-state index in [1.54, 1.807) is 18.2 Å². The highest BCUT2D eigenvalue weighted by atomic mass is 35.5. The molecule has 2 aromatic carbocycles. The molecule has 10 heteroatoms. The van der Waals surface area contributed by atoms with Gasteiger partial charge < -0.3 is 15.2 Å². The third kappa shape index (κ3) is 6.22. The van der Waals surface area contributed by atoms with Crippen molar-refractivity contribution in [2.24, 2.45) is 0 Å². The highest BCUT2D eigenvalue weighted by molar-refractivity contribution is 7.99. The van der Waals surface area contributed by atoms with Crippen molar-refractivity contribution in [3.05, 3.63) is 63.9 Å². The van der Waals surface area contributed by atoms with Gasteiger partial charge in [-0.25, -0.2) is 0 Å². The van der Waals surface area contributed by atoms with Gasteiger partial charge in [0.25, 0.3) is 0 Å². The van der Waals surface area contributed by atoms with Gasteiger partial charge in [-0.15, -0.1) is 10.2 Å². The zero-order chi connectivity index (χ0) is 22.4. The molecule has 0 saturated carbocycles. The fourth-order valence-electron chi connectivity index (χ4n) is 2.86. The van der Waals surface area contributed by atoms with Crippen LogP contribution in [0.1, 0.15) is 18.3 Å². The van der Waals surface area contributed by atoms with Crippen LogP contribution >= 0.6 is 35.0 Å². The van der Waals surface area contributed by atoms with E-state index in [1.165, 1.54) is 11.8 Å². The maximum absolute atomic E-state index is 12.5. The Hall–Kier alpha value is -2.55. The molecule has 0 spiro atoms. The lowest BCUT2D eigenvalue weighted by atomic mass is 10.2. The van der Waals surface area contributed by atoms with Crippen molar-refractivity contribution >= 4 is 58.2 Å². The molecule has 3 rings (SSSR count). The summed E-state index contributed by atoms with van der Waals surface area (Å²) >= 11 is 13.4. The zero-order valence-corrected chi connectivity index (χ0v) is 19.3. The van der Waals surface area contributed by atoms with Gasteiger partial charge in [0.2, 0.25) is 11.8 Å². The fraction of sp³-hybridized carbons (Fsp3) is 0.238. The molecule has 0 fully saturated rings. The SMILES string of the molecule is CCn1c(CC(=O)Nc2cccc(Cl)c2Cl)nnc1SCC(=O)Nc1cccc(C)c1. The molecule has 3 aromatic rings. The van der Waals surface area contributed by atoms with E-state index in [2.05, 4.69) is 20.8 Å².